The van der Waals surface area contributed by atoms with E-state index in [1.54, 1.807) is 6.92 Å². The number of benzene rings is 1. The van der Waals surface area contributed by atoms with E-state index in [4.69, 9.17) is 5.11 Å². The van der Waals surface area contributed by atoms with Gasteiger partial charge in [-0.1, -0.05) is 6.07 Å². The molecule has 0 aromatic heterocycles. The molecule has 1 heterocycles. The lowest BCUT2D eigenvalue weighted by Gasteiger charge is -2.21. The van der Waals surface area contributed by atoms with E-state index in [2.05, 4.69) is 5.32 Å². The average Bonchev–Trinajstić information content (AvgIpc) is 2.88. The molecule has 0 radical (unpaired) electrons. The molecule has 1 fully saturated rings. The second kappa shape index (κ2) is 6.07. The van der Waals surface area contributed by atoms with E-state index in [1.165, 1.54) is 11.0 Å². The number of likely N-dealkylation sites (tertiary alicyclic amines) is 1. The van der Waals surface area contributed by atoms with Crippen molar-refractivity contribution in [3.8, 4) is 0 Å². The number of hydrogen-bond acceptors (Lipinski definition) is 2. The molecule has 1 aliphatic rings. The number of hydrogen-bond donors (Lipinski definition) is 2. The molecule has 2 amide bonds. The van der Waals surface area contributed by atoms with Crippen molar-refractivity contribution in [1.29, 1.82) is 0 Å². The number of carboxylic acid groups (broad SMARTS) is 1. The molecule has 2 N–H and O–H groups in total. The fourth-order valence-electron chi connectivity index (χ4n) is 2.35. The number of rotatable bonds is 3. The Balaban J connectivity index is 1.98. The molecule has 1 unspecified atom stereocenters. The summed E-state index contributed by atoms with van der Waals surface area (Å²) in [6, 6.07) is 2.07. The van der Waals surface area contributed by atoms with E-state index < -0.39 is 35.6 Å². The van der Waals surface area contributed by atoms with Gasteiger partial charge in [-0.15, -0.1) is 0 Å². The van der Waals surface area contributed by atoms with Gasteiger partial charge in [-0.05, 0) is 19.4 Å². The molecule has 114 valence electrons. The van der Waals surface area contributed by atoms with Gasteiger partial charge < -0.3 is 15.3 Å². The van der Waals surface area contributed by atoms with Gasteiger partial charge in [0, 0.05) is 24.7 Å². The fourth-order valence-corrected chi connectivity index (χ4v) is 2.35. The van der Waals surface area contributed by atoms with Crippen LogP contribution in [-0.2, 0) is 4.79 Å². The Bertz CT molecular complexity index is 565. The van der Waals surface area contributed by atoms with Crippen molar-refractivity contribution in [3.05, 3.63) is 35.4 Å². The Morgan fingerprint density at radius 1 is 1.43 bits per heavy atom. The van der Waals surface area contributed by atoms with Gasteiger partial charge in [0.2, 0.25) is 0 Å². The number of amides is 2. The van der Waals surface area contributed by atoms with E-state index >= 15 is 0 Å². The van der Waals surface area contributed by atoms with Crippen LogP contribution in [-0.4, -0.2) is 35.1 Å². The fraction of sp³-hybridized carbons (Fsp3) is 0.429. The van der Waals surface area contributed by atoms with Crippen molar-refractivity contribution >= 4 is 12.0 Å². The number of aliphatic carboxylic acids is 1. The van der Waals surface area contributed by atoms with Gasteiger partial charge in [0.25, 0.3) is 0 Å². The molecule has 0 spiro atoms. The molecule has 5 nitrogen and oxygen atoms in total. The normalized spacial score (nSPS) is 19.4. The molecule has 2 rings (SSSR count). The number of carboxylic acids is 1. The van der Waals surface area contributed by atoms with Crippen molar-refractivity contribution in [2.24, 2.45) is 5.92 Å². The van der Waals surface area contributed by atoms with Crippen LogP contribution in [0.25, 0.3) is 0 Å². The molecule has 1 aromatic rings. The zero-order valence-electron chi connectivity index (χ0n) is 11.5. The molecular formula is C14H16F2N2O3. The Morgan fingerprint density at radius 3 is 2.71 bits per heavy atom. The monoisotopic (exact) mass is 298 g/mol. The number of nitrogens with zero attached hydrogens (tertiary/aromatic N) is 1. The number of carbonyl (C=O) groups is 2. The first kappa shape index (κ1) is 15.2. The topological polar surface area (TPSA) is 69.6 Å². The number of nitrogens with one attached hydrogen (secondary N) is 1. The van der Waals surface area contributed by atoms with Gasteiger partial charge in [0.05, 0.1) is 12.0 Å². The third kappa shape index (κ3) is 3.48. The molecule has 21 heavy (non-hydrogen) atoms. The van der Waals surface area contributed by atoms with Crippen LogP contribution in [0.4, 0.5) is 13.6 Å². The SMILES string of the molecule is C[C@@H](NC(=O)N1CCC(C(=O)O)C1)c1ccc(F)cc1F. The molecule has 0 aliphatic carbocycles. The van der Waals surface area contributed by atoms with Crippen LogP contribution in [0.5, 0.6) is 0 Å². The van der Waals surface area contributed by atoms with E-state index in [-0.39, 0.29) is 12.1 Å². The van der Waals surface area contributed by atoms with Crippen molar-refractivity contribution in [1.82, 2.24) is 10.2 Å². The molecular weight excluding hydrogens is 282 g/mol. The minimum atomic E-state index is -0.928. The maximum atomic E-state index is 13.6. The van der Waals surface area contributed by atoms with Crippen LogP contribution >= 0.6 is 0 Å². The highest BCUT2D eigenvalue weighted by Crippen LogP contribution is 2.20. The first-order chi connectivity index (χ1) is 9.88. The minimum absolute atomic E-state index is 0.139. The third-order valence-electron chi connectivity index (χ3n) is 3.59. The largest absolute Gasteiger partial charge is 0.481 e. The van der Waals surface area contributed by atoms with Crippen molar-refractivity contribution < 1.29 is 23.5 Å². The van der Waals surface area contributed by atoms with Gasteiger partial charge in [-0.2, -0.15) is 0 Å². The van der Waals surface area contributed by atoms with Crippen LogP contribution in [0.2, 0.25) is 0 Å². The van der Waals surface area contributed by atoms with E-state index in [0.29, 0.717) is 13.0 Å². The molecule has 0 bridgehead atoms. The summed E-state index contributed by atoms with van der Waals surface area (Å²) in [7, 11) is 0. The van der Waals surface area contributed by atoms with Crippen LogP contribution in [0.3, 0.4) is 0 Å². The van der Waals surface area contributed by atoms with Crippen molar-refractivity contribution in [3.63, 3.8) is 0 Å². The lowest BCUT2D eigenvalue weighted by Crippen LogP contribution is -2.40. The zero-order chi connectivity index (χ0) is 15.6. The van der Waals surface area contributed by atoms with E-state index in [0.717, 1.165) is 12.1 Å². The van der Waals surface area contributed by atoms with E-state index in [1.807, 2.05) is 0 Å². The number of halogens is 2. The first-order valence-electron chi connectivity index (χ1n) is 6.61. The molecule has 7 heteroatoms. The van der Waals surface area contributed by atoms with Gasteiger partial charge >= 0.3 is 12.0 Å². The highest BCUT2D eigenvalue weighted by molar-refractivity contribution is 5.77. The molecule has 1 aromatic carbocycles. The summed E-state index contributed by atoms with van der Waals surface area (Å²) in [6.07, 6.45) is 0.405. The average molecular weight is 298 g/mol. The maximum Gasteiger partial charge on any atom is 0.317 e. The van der Waals surface area contributed by atoms with Gasteiger partial charge in [0.1, 0.15) is 11.6 Å². The Labute approximate surface area is 120 Å². The summed E-state index contributed by atoms with van der Waals surface area (Å²) in [4.78, 5) is 24.2. The summed E-state index contributed by atoms with van der Waals surface area (Å²) in [5, 5.41) is 11.5. The van der Waals surface area contributed by atoms with Gasteiger partial charge in [-0.25, -0.2) is 13.6 Å². The van der Waals surface area contributed by atoms with E-state index in [9.17, 15) is 18.4 Å². The second-order valence-corrected chi connectivity index (χ2v) is 5.11. The van der Waals surface area contributed by atoms with Gasteiger partial charge in [0.15, 0.2) is 0 Å². The third-order valence-corrected chi connectivity index (χ3v) is 3.59. The number of carbonyl (C=O) groups excluding carboxylic acids is 1. The van der Waals surface area contributed by atoms with Crippen LogP contribution in [0.15, 0.2) is 18.2 Å². The summed E-state index contributed by atoms with van der Waals surface area (Å²) in [5.74, 6) is -2.90. The van der Waals surface area contributed by atoms with Crippen LogP contribution in [0, 0.1) is 17.6 Å². The zero-order valence-corrected chi connectivity index (χ0v) is 11.5. The predicted octanol–water partition coefficient (Wildman–Crippen LogP) is 2.14. The highest BCUT2D eigenvalue weighted by atomic mass is 19.1. The Morgan fingerprint density at radius 2 is 2.14 bits per heavy atom. The Kier molecular flexibility index (Phi) is 4.40. The predicted molar refractivity (Wildman–Crippen MR) is 70.6 cm³/mol. The molecule has 0 saturated carbocycles. The van der Waals surface area contributed by atoms with Crippen LogP contribution < -0.4 is 5.32 Å². The highest BCUT2D eigenvalue weighted by Gasteiger charge is 2.31. The molecule has 1 aliphatic heterocycles. The molecule has 2 atom stereocenters. The lowest BCUT2D eigenvalue weighted by molar-refractivity contribution is -0.141. The van der Waals surface area contributed by atoms with Crippen LogP contribution in [0.1, 0.15) is 24.9 Å². The smallest absolute Gasteiger partial charge is 0.317 e. The molecule has 1 saturated heterocycles. The standard InChI is InChI=1S/C14H16F2N2O3/c1-8(11-3-2-10(15)6-12(11)16)17-14(21)18-5-4-9(7-18)13(19)20/h2-3,6,8-9H,4-5,7H2,1H3,(H,17,21)(H,19,20)/t8-,9?/m1/s1. The van der Waals surface area contributed by atoms with Crippen molar-refractivity contribution in [2.75, 3.05) is 13.1 Å². The summed E-state index contributed by atoms with van der Waals surface area (Å²) >= 11 is 0. The Hall–Kier alpha value is -2.18. The quantitative estimate of drug-likeness (QED) is 0.898. The lowest BCUT2D eigenvalue weighted by atomic mass is 10.1. The summed E-state index contributed by atoms with van der Waals surface area (Å²) in [6.45, 7) is 2.07. The van der Waals surface area contributed by atoms with Gasteiger partial charge in [-0.3, -0.25) is 4.79 Å². The number of urea groups is 1. The second-order valence-electron chi connectivity index (χ2n) is 5.11. The van der Waals surface area contributed by atoms with Crippen molar-refractivity contribution in [2.45, 2.75) is 19.4 Å². The summed E-state index contributed by atoms with van der Waals surface area (Å²) < 4.78 is 26.5. The summed E-state index contributed by atoms with van der Waals surface area (Å²) in [5.41, 5.74) is 0.179. The maximum absolute atomic E-state index is 13.6. The minimum Gasteiger partial charge on any atom is -0.481 e. The first-order valence-corrected chi connectivity index (χ1v) is 6.61.